The third-order valence-electron chi connectivity index (χ3n) is 2.85. The summed E-state index contributed by atoms with van der Waals surface area (Å²) in [5.74, 6) is -0.873. The first-order chi connectivity index (χ1) is 8.25. The van der Waals surface area contributed by atoms with Gasteiger partial charge in [-0.3, -0.25) is 10.2 Å². The Labute approximate surface area is 97.6 Å². The van der Waals surface area contributed by atoms with E-state index in [0.717, 1.165) is 22.0 Å². The molecular formula is C13H10N2O2. The lowest BCUT2D eigenvalue weighted by molar-refractivity contribution is -0.135. The van der Waals surface area contributed by atoms with Crippen LogP contribution in [0, 0.1) is 0 Å². The van der Waals surface area contributed by atoms with Crippen LogP contribution < -0.4 is 5.43 Å². The quantitative estimate of drug-likeness (QED) is 0.826. The van der Waals surface area contributed by atoms with Crippen LogP contribution in [0.4, 0.5) is 5.69 Å². The van der Waals surface area contributed by atoms with E-state index in [1.807, 2.05) is 36.4 Å². The van der Waals surface area contributed by atoms with Crippen LogP contribution in [0.3, 0.4) is 0 Å². The van der Waals surface area contributed by atoms with Crippen molar-refractivity contribution in [2.75, 3.05) is 5.43 Å². The third-order valence-corrected chi connectivity index (χ3v) is 2.85. The summed E-state index contributed by atoms with van der Waals surface area (Å²) in [6.07, 6.45) is -0.0690. The molecule has 0 spiro atoms. The Hall–Kier alpha value is -2.36. The zero-order chi connectivity index (χ0) is 11.8. The van der Waals surface area contributed by atoms with Crippen LogP contribution in [0.15, 0.2) is 41.5 Å². The molecule has 0 saturated heterocycles. The number of rotatable bonds is 2. The molecule has 0 atom stereocenters. The van der Waals surface area contributed by atoms with Gasteiger partial charge in [0.15, 0.2) is 0 Å². The van der Waals surface area contributed by atoms with E-state index < -0.39 is 5.97 Å². The lowest BCUT2D eigenvalue weighted by atomic mass is 9.97. The molecule has 0 bridgehead atoms. The molecular weight excluding hydrogens is 216 g/mol. The smallest absolute Gasteiger partial charge is 0.309 e. The van der Waals surface area contributed by atoms with Crippen molar-refractivity contribution in [3.8, 4) is 0 Å². The Bertz CT molecular complexity index is 642. The number of nitrogens with one attached hydrogen (secondary N) is 1. The van der Waals surface area contributed by atoms with Crippen LogP contribution in [0.25, 0.3) is 10.8 Å². The maximum absolute atomic E-state index is 10.8. The van der Waals surface area contributed by atoms with Crippen LogP contribution in [0.1, 0.15) is 12.0 Å². The molecule has 1 aliphatic heterocycles. The molecule has 2 aromatic rings. The summed E-state index contributed by atoms with van der Waals surface area (Å²) in [5.41, 5.74) is 5.30. The van der Waals surface area contributed by atoms with Crippen molar-refractivity contribution in [3.63, 3.8) is 0 Å². The lowest BCUT2D eigenvalue weighted by Gasteiger charge is -2.17. The molecule has 2 aromatic carbocycles. The standard InChI is InChI=1S/C13H10N2O2/c16-12(17)7-11-9-5-1-3-8-4-2-6-10(13(8)9)14-15-11/h1-6,14H,7H2,(H,16,17). The molecule has 0 saturated carbocycles. The summed E-state index contributed by atoms with van der Waals surface area (Å²) in [4.78, 5) is 10.8. The van der Waals surface area contributed by atoms with Crippen molar-refractivity contribution < 1.29 is 9.90 Å². The average molecular weight is 226 g/mol. The largest absolute Gasteiger partial charge is 0.481 e. The van der Waals surface area contributed by atoms with Gasteiger partial charge >= 0.3 is 5.97 Å². The highest BCUT2D eigenvalue weighted by atomic mass is 16.4. The Morgan fingerprint density at radius 1 is 1.24 bits per heavy atom. The van der Waals surface area contributed by atoms with Gasteiger partial charge in [0.2, 0.25) is 0 Å². The molecule has 1 heterocycles. The molecule has 84 valence electrons. The summed E-state index contributed by atoms with van der Waals surface area (Å²) in [6, 6.07) is 11.7. The fourth-order valence-corrected chi connectivity index (χ4v) is 2.14. The van der Waals surface area contributed by atoms with Gasteiger partial charge in [0.1, 0.15) is 0 Å². The number of hydrogen-bond acceptors (Lipinski definition) is 3. The van der Waals surface area contributed by atoms with Gasteiger partial charge in [0.05, 0.1) is 17.8 Å². The number of anilines is 1. The minimum absolute atomic E-state index is 0.0690. The Morgan fingerprint density at radius 3 is 2.76 bits per heavy atom. The molecule has 0 fully saturated rings. The van der Waals surface area contributed by atoms with Crippen LogP contribution in [-0.4, -0.2) is 16.8 Å². The van der Waals surface area contributed by atoms with Crippen LogP contribution >= 0.6 is 0 Å². The molecule has 0 aromatic heterocycles. The van der Waals surface area contributed by atoms with Gasteiger partial charge in [-0.05, 0) is 11.5 Å². The van der Waals surface area contributed by atoms with Crippen molar-refractivity contribution in [2.45, 2.75) is 6.42 Å². The van der Waals surface area contributed by atoms with Crippen LogP contribution in [0.5, 0.6) is 0 Å². The summed E-state index contributed by atoms with van der Waals surface area (Å²) < 4.78 is 0. The number of benzene rings is 2. The molecule has 4 nitrogen and oxygen atoms in total. The highest BCUT2D eigenvalue weighted by Crippen LogP contribution is 2.31. The van der Waals surface area contributed by atoms with Gasteiger partial charge < -0.3 is 5.11 Å². The molecule has 4 heteroatoms. The fraction of sp³-hybridized carbons (Fsp3) is 0.0769. The highest BCUT2D eigenvalue weighted by Gasteiger charge is 2.17. The van der Waals surface area contributed by atoms with Gasteiger partial charge in [-0.25, -0.2) is 0 Å². The van der Waals surface area contributed by atoms with Gasteiger partial charge in [-0.1, -0.05) is 30.3 Å². The number of carbonyl (C=O) groups is 1. The number of hydrazone groups is 1. The van der Waals surface area contributed by atoms with E-state index in [1.165, 1.54) is 0 Å². The summed E-state index contributed by atoms with van der Waals surface area (Å²) in [5, 5.41) is 15.1. The lowest BCUT2D eigenvalue weighted by Crippen LogP contribution is -2.14. The predicted molar refractivity (Wildman–Crippen MR) is 66.4 cm³/mol. The van der Waals surface area contributed by atoms with Crippen molar-refractivity contribution >= 4 is 28.1 Å². The SMILES string of the molecule is O=C(O)CC1=NNc2cccc3cccc1c23. The van der Waals surface area contributed by atoms with E-state index in [1.54, 1.807) is 0 Å². The van der Waals surface area contributed by atoms with Gasteiger partial charge in [-0.2, -0.15) is 5.10 Å². The first-order valence-corrected chi connectivity index (χ1v) is 5.32. The molecule has 0 unspecified atom stereocenters. The molecule has 0 radical (unpaired) electrons. The second-order valence-corrected chi connectivity index (χ2v) is 3.95. The van der Waals surface area contributed by atoms with Gasteiger partial charge in [-0.15, -0.1) is 0 Å². The van der Waals surface area contributed by atoms with Crippen molar-refractivity contribution in [1.82, 2.24) is 0 Å². The summed E-state index contributed by atoms with van der Waals surface area (Å²) >= 11 is 0. The Balaban J connectivity index is 2.24. The van der Waals surface area contributed by atoms with E-state index in [9.17, 15) is 4.79 Å². The number of carboxylic acid groups (broad SMARTS) is 1. The first-order valence-electron chi connectivity index (χ1n) is 5.32. The number of carboxylic acids is 1. The maximum Gasteiger partial charge on any atom is 0.309 e. The minimum Gasteiger partial charge on any atom is -0.481 e. The second-order valence-electron chi connectivity index (χ2n) is 3.95. The van der Waals surface area contributed by atoms with E-state index in [-0.39, 0.29) is 6.42 Å². The van der Waals surface area contributed by atoms with Gasteiger partial charge in [0, 0.05) is 10.9 Å². The van der Waals surface area contributed by atoms with Gasteiger partial charge in [0.25, 0.3) is 0 Å². The monoisotopic (exact) mass is 226 g/mol. The molecule has 1 aliphatic rings. The topological polar surface area (TPSA) is 61.7 Å². The maximum atomic E-state index is 10.8. The number of aliphatic carboxylic acids is 1. The Morgan fingerprint density at radius 2 is 2.00 bits per heavy atom. The first kappa shape index (κ1) is 9.84. The zero-order valence-electron chi connectivity index (χ0n) is 8.97. The minimum atomic E-state index is -0.873. The molecule has 0 aliphatic carbocycles. The van der Waals surface area contributed by atoms with Crippen molar-refractivity contribution in [1.29, 1.82) is 0 Å². The number of hydrogen-bond donors (Lipinski definition) is 2. The second kappa shape index (κ2) is 3.59. The van der Waals surface area contributed by atoms with Crippen molar-refractivity contribution in [3.05, 3.63) is 42.0 Å². The fourth-order valence-electron chi connectivity index (χ4n) is 2.14. The van der Waals surface area contributed by atoms with Crippen LogP contribution in [-0.2, 0) is 4.79 Å². The molecule has 2 N–H and O–H groups in total. The third kappa shape index (κ3) is 1.54. The molecule has 0 amide bonds. The predicted octanol–water partition coefficient (Wildman–Crippen LogP) is 2.44. The van der Waals surface area contributed by atoms with E-state index in [2.05, 4.69) is 10.5 Å². The summed E-state index contributed by atoms with van der Waals surface area (Å²) in [7, 11) is 0. The molecule has 3 rings (SSSR count). The van der Waals surface area contributed by atoms with E-state index in [4.69, 9.17) is 5.11 Å². The summed E-state index contributed by atoms with van der Waals surface area (Å²) in [6.45, 7) is 0. The molecule has 17 heavy (non-hydrogen) atoms. The highest BCUT2D eigenvalue weighted by molar-refractivity contribution is 6.20. The normalized spacial score (nSPS) is 13.1. The number of nitrogens with zero attached hydrogens (tertiary/aromatic N) is 1. The van der Waals surface area contributed by atoms with Crippen LogP contribution in [0.2, 0.25) is 0 Å². The van der Waals surface area contributed by atoms with E-state index >= 15 is 0 Å². The zero-order valence-corrected chi connectivity index (χ0v) is 8.97. The van der Waals surface area contributed by atoms with Crippen molar-refractivity contribution in [2.24, 2.45) is 5.10 Å². The average Bonchev–Trinajstić information content (AvgIpc) is 2.33. The van der Waals surface area contributed by atoms with E-state index in [0.29, 0.717) is 5.71 Å². The Kier molecular flexibility index (Phi) is 2.08.